The summed E-state index contributed by atoms with van der Waals surface area (Å²) in [7, 11) is 0. The number of aliphatic hydroxyl groups excluding tert-OH is 5. The maximum Gasteiger partial charge on any atom is 0.220 e. The monoisotopic (exact) mass is 1040 g/mol. The maximum atomic E-state index is 13.0. The molecular weight excluding hydrogens is 923 g/mol. The zero-order valence-electron chi connectivity index (χ0n) is 48.4. The second-order valence-electron chi connectivity index (χ2n) is 22.2. The fraction of sp³-hybridized carbons (Fsp3) is 0.862. The SMILES string of the molecule is CCCCCC/C=C/CC/C=C/CC/C=C/C(O)C(COC1OC(CO)C(O)C(O)C1O)NC(=O)CCCCCCCCCCCCCCCCCCCCCCCCCCC/C=C\CCCCCCCCCC. The van der Waals surface area contributed by atoms with E-state index in [1.807, 2.05) is 6.08 Å². The molecule has 6 N–H and O–H groups in total. The number of ether oxygens (including phenoxy) is 2. The van der Waals surface area contributed by atoms with Gasteiger partial charge in [0, 0.05) is 6.42 Å². The van der Waals surface area contributed by atoms with Crippen LogP contribution in [0.1, 0.15) is 303 Å². The van der Waals surface area contributed by atoms with Gasteiger partial charge in [-0.15, -0.1) is 0 Å². The van der Waals surface area contributed by atoms with E-state index in [1.54, 1.807) is 6.08 Å². The van der Waals surface area contributed by atoms with Crippen LogP contribution in [0.4, 0.5) is 0 Å². The van der Waals surface area contributed by atoms with E-state index < -0.39 is 49.5 Å². The molecule has 0 aromatic carbocycles. The molecule has 74 heavy (non-hydrogen) atoms. The number of carbonyl (C=O) groups excluding carboxylic acids is 1. The van der Waals surface area contributed by atoms with Gasteiger partial charge in [0.2, 0.25) is 5.91 Å². The van der Waals surface area contributed by atoms with E-state index in [0.29, 0.717) is 6.42 Å². The normalized spacial score (nSPS) is 19.3. The van der Waals surface area contributed by atoms with Gasteiger partial charge in [-0.2, -0.15) is 0 Å². The van der Waals surface area contributed by atoms with Crippen LogP contribution < -0.4 is 5.32 Å². The molecule has 0 radical (unpaired) electrons. The first-order valence-electron chi connectivity index (χ1n) is 31.9. The Balaban J connectivity index is 2.06. The van der Waals surface area contributed by atoms with E-state index in [9.17, 15) is 30.3 Å². The van der Waals surface area contributed by atoms with E-state index in [-0.39, 0.29) is 12.5 Å². The Morgan fingerprint density at radius 3 is 1.15 bits per heavy atom. The Morgan fingerprint density at radius 1 is 0.446 bits per heavy atom. The second-order valence-corrected chi connectivity index (χ2v) is 22.2. The third-order valence-corrected chi connectivity index (χ3v) is 15.1. The minimum absolute atomic E-state index is 0.187. The molecule has 0 spiro atoms. The van der Waals surface area contributed by atoms with Gasteiger partial charge in [0.05, 0.1) is 25.4 Å². The number of hydrogen-bond donors (Lipinski definition) is 6. The molecule has 1 saturated heterocycles. The topological polar surface area (TPSA) is 149 Å². The van der Waals surface area contributed by atoms with Crippen LogP contribution in [0.15, 0.2) is 48.6 Å². The summed E-state index contributed by atoms with van der Waals surface area (Å²) in [5.74, 6) is -0.187. The molecule has 9 heteroatoms. The highest BCUT2D eigenvalue weighted by Gasteiger charge is 2.44. The first kappa shape index (κ1) is 70.2. The molecule has 0 aromatic rings. The number of nitrogens with one attached hydrogen (secondary N) is 1. The van der Waals surface area contributed by atoms with Crippen LogP contribution in [0.2, 0.25) is 0 Å². The summed E-state index contributed by atoms with van der Waals surface area (Å²) in [6.07, 6.45) is 66.5. The Morgan fingerprint density at radius 2 is 0.770 bits per heavy atom. The lowest BCUT2D eigenvalue weighted by Gasteiger charge is -2.40. The van der Waals surface area contributed by atoms with Gasteiger partial charge in [0.25, 0.3) is 0 Å². The van der Waals surface area contributed by atoms with E-state index in [0.717, 1.165) is 51.4 Å². The molecular formula is C65H121NO8. The number of carbonyl (C=O) groups is 1. The highest BCUT2D eigenvalue weighted by molar-refractivity contribution is 5.76. The average molecular weight is 1040 g/mol. The molecule has 1 rings (SSSR count). The first-order chi connectivity index (χ1) is 36.3. The van der Waals surface area contributed by atoms with Gasteiger partial charge in [-0.25, -0.2) is 0 Å². The van der Waals surface area contributed by atoms with Crippen LogP contribution in [0, 0.1) is 0 Å². The summed E-state index contributed by atoms with van der Waals surface area (Å²) in [4.78, 5) is 13.0. The van der Waals surface area contributed by atoms with Gasteiger partial charge < -0.3 is 40.3 Å². The van der Waals surface area contributed by atoms with E-state index in [1.165, 1.54) is 231 Å². The van der Waals surface area contributed by atoms with Crippen molar-refractivity contribution in [2.45, 2.75) is 346 Å². The fourth-order valence-corrected chi connectivity index (χ4v) is 10.1. The van der Waals surface area contributed by atoms with Crippen molar-refractivity contribution in [2.75, 3.05) is 13.2 Å². The van der Waals surface area contributed by atoms with Crippen LogP contribution >= 0.6 is 0 Å². The van der Waals surface area contributed by atoms with Crippen molar-refractivity contribution in [3.8, 4) is 0 Å². The summed E-state index contributed by atoms with van der Waals surface area (Å²) in [5, 5.41) is 54.4. The predicted molar refractivity (Wildman–Crippen MR) is 313 cm³/mol. The van der Waals surface area contributed by atoms with Crippen LogP contribution in [0.5, 0.6) is 0 Å². The van der Waals surface area contributed by atoms with Gasteiger partial charge in [0.15, 0.2) is 6.29 Å². The number of amides is 1. The average Bonchev–Trinajstić information content (AvgIpc) is 3.40. The van der Waals surface area contributed by atoms with Gasteiger partial charge in [-0.1, -0.05) is 274 Å². The van der Waals surface area contributed by atoms with E-state index >= 15 is 0 Å². The Bertz CT molecular complexity index is 1300. The Labute approximate surface area is 456 Å². The highest BCUT2D eigenvalue weighted by Crippen LogP contribution is 2.23. The number of hydrogen-bond acceptors (Lipinski definition) is 8. The van der Waals surface area contributed by atoms with Gasteiger partial charge in [-0.3, -0.25) is 4.79 Å². The lowest BCUT2D eigenvalue weighted by molar-refractivity contribution is -0.302. The number of aliphatic hydroxyl groups is 5. The van der Waals surface area contributed by atoms with Crippen molar-refractivity contribution in [1.82, 2.24) is 5.32 Å². The van der Waals surface area contributed by atoms with Crippen molar-refractivity contribution in [2.24, 2.45) is 0 Å². The zero-order valence-corrected chi connectivity index (χ0v) is 48.4. The Hall–Kier alpha value is -1.85. The molecule has 7 unspecified atom stereocenters. The number of unbranched alkanes of at least 4 members (excludes halogenated alkanes) is 39. The Kier molecular flexibility index (Phi) is 51.7. The smallest absolute Gasteiger partial charge is 0.220 e. The summed E-state index contributed by atoms with van der Waals surface area (Å²) < 4.78 is 11.2. The quantitative estimate of drug-likeness (QED) is 0.0261. The van der Waals surface area contributed by atoms with Crippen LogP contribution in [-0.4, -0.2) is 87.5 Å². The number of allylic oxidation sites excluding steroid dienone is 7. The molecule has 0 saturated carbocycles. The van der Waals surface area contributed by atoms with Gasteiger partial charge in [0.1, 0.15) is 24.4 Å². The summed E-state index contributed by atoms with van der Waals surface area (Å²) in [5.41, 5.74) is 0. The minimum atomic E-state index is -1.57. The van der Waals surface area contributed by atoms with Crippen LogP contribution in [-0.2, 0) is 14.3 Å². The standard InChI is InChI=1S/C65H121NO8/c1-3-5-7-9-11-13-15-17-19-20-21-22-23-24-25-26-27-28-29-30-31-32-33-34-35-36-37-38-39-40-41-43-45-47-49-51-53-55-61(69)66-58(57-73-65-64(72)63(71)62(70)60(56-67)74-65)59(68)54-52-50-48-46-44-42-18-16-14-12-10-8-6-4-2/h14,16,20-21,44,46,52,54,58-60,62-65,67-68,70-72H,3-13,15,17-19,22-43,45,47-51,53,55-57H2,1-2H3,(H,66,69)/b16-14+,21-20-,46-44+,54-52+. The van der Waals surface area contributed by atoms with Crippen molar-refractivity contribution >= 4 is 5.91 Å². The zero-order chi connectivity index (χ0) is 53.6. The predicted octanol–water partition coefficient (Wildman–Crippen LogP) is 16.5. The van der Waals surface area contributed by atoms with Crippen molar-refractivity contribution in [3.63, 3.8) is 0 Å². The van der Waals surface area contributed by atoms with Gasteiger partial charge in [-0.05, 0) is 70.6 Å². The molecule has 0 aliphatic carbocycles. The molecule has 9 nitrogen and oxygen atoms in total. The molecule has 0 aromatic heterocycles. The minimum Gasteiger partial charge on any atom is -0.394 e. The molecule has 0 bridgehead atoms. The summed E-state index contributed by atoms with van der Waals surface area (Å²) >= 11 is 0. The molecule has 434 valence electrons. The molecule has 7 atom stereocenters. The molecule has 1 fully saturated rings. The van der Waals surface area contributed by atoms with Crippen molar-refractivity contribution < 1.29 is 39.8 Å². The largest absolute Gasteiger partial charge is 0.394 e. The highest BCUT2D eigenvalue weighted by atomic mass is 16.7. The molecule has 1 aliphatic heterocycles. The van der Waals surface area contributed by atoms with Crippen molar-refractivity contribution in [3.05, 3.63) is 48.6 Å². The third-order valence-electron chi connectivity index (χ3n) is 15.1. The molecule has 1 amide bonds. The molecule has 1 heterocycles. The van der Waals surface area contributed by atoms with E-state index in [2.05, 4.69) is 55.6 Å². The van der Waals surface area contributed by atoms with E-state index in [4.69, 9.17) is 9.47 Å². The molecule has 1 aliphatic rings. The lowest BCUT2D eigenvalue weighted by atomic mass is 9.99. The maximum absolute atomic E-state index is 13.0. The third kappa shape index (κ3) is 43.2. The van der Waals surface area contributed by atoms with Crippen LogP contribution in [0.25, 0.3) is 0 Å². The van der Waals surface area contributed by atoms with Gasteiger partial charge >= 0.3 is 0 Å². The summed E-state index contributed by atoms with van der Waals surface area (Å²) in [6, 6.07) is -0.827. The lowest BCUT2D eigenvalue weighted by Crippen LogP contribution is -2.60. The number of rotatable bonds is 55. The second kappa shape index (κ2) is 54.5. The van der Waals surface area contributed by atoms with Crippen LogP contribution in [0.3, 0.4) is 0 Å². The van der Waals surface area contributed by atoms with Crippen molar-refractivity contribution in [1.29, 1.82) is 0 Å². The summed E-state index contributed by atoms with van der Waals surface area (Å²) in [6.45, 7) is 3.75. The first-order valence-corrected chi connectivity index (χ1v) is 31.9. The fourth-order valence-electron chi connectivity index (χ4n) is 10.1.